The molecule has 0 radical (unpaired) electrons. The number of aryl methyl sites for hydroxylation is 1. The third kappa shape index (κ3) is 3.28. The fourth-order valence-electron chi connectivity index (χ4n) is 4.57. The summed E-state index contributed by atoms with van der Waals surface area (Å²) in [6, 6.07) is 21.6. The molecule has 4 aromatic rings. The van der Waals surface area contributed by atoms with Crippen LogP contribution in [0.5, 0.6) is 0 Å². The number of benzene rings is 2. The third-order valence-electron chi connectivity index (χ3n) is 6.07. The molecule has 0 spiro atoms. The van der Waals surface area contributed by atoms with Gasteiger partial charge in [0.1, 0.15) is 18.1 Å². The predicted molar refractivity (Wildman–Crippen MR) is 115 cm³/mol. The van der Waals surface area contributed by atoms with Crippen LogP contribution >= 0.6 is 0 Å². The maximum Gasteiger partial charge on any atom is 0.129 e. The van der Waals surface area contributed by atoms with Gasteiger partial charge in [0.25, 0.3) is 0 Å². The largest absolute Gasteiger partial charge is 0.462 e. The molecule has 2 N–H and O–H groups in total. The lowest BCUT2D eigenvalue weighted by molar-refractivity contribution is 0.179. The van der Waals surface area contributed by atoms with Crippen LogP contribution in [0.3, 0.4) is 0 Å². The Hall–Kier alpha value is -2.82. The lowest BCUT2D eigenvalue weighted by Crippen LogP contribution is -2.35. The normalized spacial score (nSPS) is 17.0. The number of para-hydroxylation sites is 1. The van der Waals surface area contributed by atoms with Crippen LogP contribution in [0.2, 0.25) is 0 Å². The number of nitrogens with zero attached hydrogens (tertiary/aromatic N) is 1. The molecule has 0 aliphatic carbocycles. The van der Waals surface area contributed by atoms with Crippen molar-refractivity contribution in [1.82, 2.24) is 9.88 Å². The van der Waals surface area contributed by atoms with Crippen LogP contribution in [0, 0.1) is 0 Å². The lowest BCUT2D eigenvalue weighted by atomic mass is 9.91. The number of aromatic nitrogens is 1. The number of aliphatic hydroxyl groups excluding tert-OH is 1. The van der Waals surface area contributed by atoms with E-state index in [0.29, 0.717) is 5.76 Å². The summed E-state index contributed by atoms with van der Waals surface area (Å²) in [6.07, 6.45) is 2.05. The molecule has 1 aliphatic heterocycles. The number of aliphatic hydroxyl groups is 1. The van der Waals surface area contributed by atoms with E-state index in [9.17, 15) is 5.11 Å². The van der Waals surface area contributed by atoms with Crippen molar-refractivity contribution in [2.75, 3.05) is 6.54 Å². The molecule has 5 rings (SSSR count). The standard InChI is InChI=1S/C25H26N2O2/c1-2-17-7-9-18(10-8-17)25-24-22(21-5-3-4-6-23(21)26-24)13-14-27(25)15-19-11-12-20(16-28)29-19/h3-12,25-26,28H,2,13-16H2,1H3/t25-/m1/s1. The number of H-pyrrole nitrogens is 1. The molecule has 4 heteroatoms. The van der Waals surface area contributed by atoms with Crippen LogP contribution in [0.4, 0.5) is 0 Å². The van der Waals surface area contributed by atoms with Gasteiger partial charge in [-0.25, -0.2) is 0 Å². The minimum absolute atomic E-state index is 0.0614. The summed E-state index contributed by atoms with van der Waals surface area (Å²) in [4.78, 5) is 6.18. The highest BCUT2D eigenvalue weighted by Gasteiger charge is 2.32. The van der Waals surface area contributed by atoms with Crippen molar-refractivity contribution in [3.63, 3.8) is 0 Å². The fraction of sp³-hybridized carbons (Fsp3) is 0.280. The van der Waals surface area contributed by atoms with E-state index in [1.165, 1.54) is 33.3 Å². The second-order valence-corrected chi connectivity index (χ2v) is 7.81. The average Bonchev–Trinajstić information content (AvgIpc) is 3.38. The quantitative estimate of drug-likeness (QED) is 0.509. The molecule has 1 atom stereocenters. The zero-order valence-electron chi connectivity index (χ0n) is 16.7. The van der Waals surface area contributed by atoms with E-state index in [1.807, 2.05) is 12.1 Å². The van der Waals surface area contributed by atoms with E-state index in [4.69, 9.17) is 4.42 Å². The van der Waals surface area contributed by atoms with Crippen molar-refractivity contribution < 1.29 is 9.52 Å². The summed E-state index contributed by atoms with van der Waals surface area (Å²) < 4.78 is 5.80. The van der Waals surface area contributed by atoms with Gasteiger partial charge in [0.15, 0.2) is 0 Å². The number of nitrogens with one attached hydrogen (secondary N) is 1. The van der Waals surface area contributed by atoms with Gasteiger partial charge in [0.2, 0.25) is 0 Å². The first-order chi connectivity index (χ1) is 14.3. The van der Waals surface area contributed by atoms with Gasteiger partial charge < -0.3 is 14.5 Å². The first-order valence-corrected chi connectivity index (χ1v) is 10.4. The molecule has 1 aliphatic rings. The molecule has 0 amide bonds. The molecule has 0 fully saturated rings. The van der Waals surface area contributed by atoms with Gasteiger partial charge in [-0.1, -0.05) is 49.4 Å². The summed E-state index contributed by atoms with van der Waals surface area (Å²) in [6.45, 7) is 3.81. The summed E-state index contributed by atoms with van der Waals surface area (Å²) in [5.74, 6) is 1.51. The number of rotatable bonds is 5. The number of furan rings is 1. The number of aromatic amines is 1. The summed E-state index contributed by atoms with van der Waals surface area (Å²) >= 11 is 0. The Morgan fingerprint density at radius 2 is 1.83 bits per heavy atom. The first kappa shape index (κ1) is 18.2. The maximum absolute atomic E-state index is 9.33. The first-order valence-electron chi connectivity index (χ1n) is 10.4. The van der Waals surface area contributed by atoms with Gasteiger partial charge in [-0.3, -0.25) is 4.90 Å². The molecule has 29 heavy (non-hydrogen) atoms. The van der Waals surface area contributed by atoms with Gasteiger partial charge in [0, 0.05) is 23.1 Å². The molecule has 2 aromatic heterocycles. The molecule has 2 aromatic carbocycles. The summed E-state index contributed by atoms with van der Waals surface area (Å²) in [5, 5.41) is 10.7. The van der Waals surface area contributed by atoms with Crippen molar-refractivity contribution in [1.29, 1.82) is 0 Å². The number of fused-ring (bicyclic) bond motifs is 3. The van der Waals surface area contributed by atoms with E-state index in [1.54, 1.807) is 0 Å². The number of hydrogen-bond donors (Lipinski definition) is 2. The van der Waals surface area contributed by atoms with Crippen molar-refractivity contribution >= 4 is 10.9 Å². The topological polar surface area (TPSA) is 52.4 Å². The van der Waals surface area contributed by atoms with E-state index in [0.717, 1.165) is 31.7 Å². The third-order valence-corrected chi connectivity index (χ3v) is 6.07. The van der Waals surface area contributed by atoms with Crippen molar-refractivity contribution in [2.45, 2.75) is 39.0 Å². The summed E-state index contributed by atoms with van der Waals surface area (Å²) in [7, 11) is 0. The van der Waals surface area contributed by atoms with Crippen LogP contribution < -0.4 is 0 Å². The highest BCUT2D eigenvalue weighted by Crippen LogP contribution is 2.39. The Balaban J connectivity index is 1.58. The van der Waals surface area contributed by atoms with Gasteiger partial charge >= 0.3 is 0 Å². The molecular formula is C25H26N2O2. The van der Waals surface area contributed by atoms with E-state index in [-0.39, 0.29) is 12.6 Å². The lowest BCUT2D eigenvalue weighted by Gasteiger charge is -2.35. The minimum atomic E-state index is -0.0614. The van der Waals surface area contributed by atoms with Crippen LogP contribution in [0.1, 0.15) is 46.9 Å². The highest BCUT2D eigenvalue weighted by atomic mass is 16.4. The average molecular weight is 386 g/mol. The van der Waals surface area contributed by atoms with Crippen LogP contribution in [0.25, 0.3) is 10.9 Å². The van der Waals surface area contributed by atoms with Gasteiger partial charge in [-0.15, -0.1) is 0 Å². The fourth-order valence-corrected chi connectivity index (χ4v) is 4.57. The molecule has 0 saturated carbocycles. The van der Waals surface area contributed by atoms with E-state index in [2.05, 4.69) is 65.3 Å². The summed E-state index contributed by atoms with van der Waals surface area (Å²) in [5.41, 5.74) is 6.57. The Bertz CT molecular complexity index is 1120. The highest BCUT2D eigenvalue weighted by molar-refractivity contribution is 5.85. The molecule has 0 bridgehead atoms. The molecule has 0 saturated heterocycles. The smallest absolute Gasteiger partial charge is 0.129 e. The van der Waals surface area contributed by atoms with Crippen LogP contribution in [-0.4, -0.2) is 21.5 Å². The zero-order valence-corrected chi connectivity index (χ0v) is 16.7. The minimum Gasteiger partial charge on any atom is -0.462 e. The molecule has 148 valence electrons. The predicted octanol–water partition coefficient (Wildman–Crippen LogP) is 4.96. The van der Waals surface area contributed by atoms with Gasteiger partial charge in [0.05, 0.1) is 12.6 Å². The van der Waals surface area contributed by atoms with Crippen molar-refractivity contribution in [3.05, 3.63) is 94.6 Å². The maximum atomic E-state index is 9.33. The van der Waals surface area contributed by atoms with Crippen LogP contribution in [-0.2, 0) is 26.0 Å². The number of hydrogen-bond acceptors (Lipinski definition) is 3. The van der Waals surface area contributed by atoms with E-state index < -0.39 is 0 Å². The van der Waals surface area contributed by atoms with Gasteiger partial charge in [-0.2, -0.15) is 0 Å². The molecule has 3 heterocycles. The second kappa shape index (κ2) is 7.54. The Morgan fingerprint density at radius 3 is 2.59 bits per heavy atom. The second-order valence-electron chi connectivity index (χ2n) is 7.81. The molecule has 0 unspecified atom stereocenters. The van der Waals surface area contributed by atoms with Gasteiger partial charge in [-0.05, 0) is 47.7 Å². The Labute approximate surface area is 170 Å². The molecule has 4 nitrogen and oxygen atoms in total. The zero-order chi connectivity index (χ0) is 19.8. The van der Waals surface area contributed by atoms with Crippen molar-refractivity contribution in [2.24, 2.45) is 0 Å². The van der Waals surface area contributed by atoms with E-state index >= 15 is 0 Å². The van der Waals surface area contributed by atoms with Crippen molar-refractivity contribution in [3.8, 4) is 0 Å². The SMILES string of the molecule is CCc1ccc([C@@H]2c3[nH]c4ccccc4c3CCN2Cc2ccc(CO)o2)cc1. The van der Waals surface area contributed by atoms with Crippen LogP contribution in [0.15, 0.2) is 65.1 Å². The Kier molecular flexibility index (Phi) is 4.74. The monoisotopic (exact) mass is 386 g/mol. The molecular weight excluding hydrogens is 360 g/mol. The Morgan fingerprint density at radius 1 is 1.03 bits per heavy atom.